The number of hydrogen-bond donors (Lipinski definition) is 2. The third-order valence-electron chi connectivity index (χ3n) is 3.40. The molecule has 20 heavy (non-hydrogen) atoms. The van der Waals surface area contributed by atoms with E-state index in [2.05, 4.69) is 5.32 Å². The summed E-state index contributed by atoms with van der Waals surface area (Å²) in [5, 5.41) is 2.77. The highest BCUT2D eigenvalue weighted by atomic mass is 35.5. The van der Waals surface area contributed by atoms with Crippen molar-refractivity contribution in [3.63, 3.8) is 0 Å². The molecule has 0 aliphatic heterocycles. The molecule has 1 amide bonds. The van der Waals surface area contributed by atoms with Crippen molar-refractivity contribution < 1.29 is 13.9 Å². The average Bonchev–Trinajstić information content (AvgIpc) is 2.83. The van der Waals surface area contributed by atoms with Crippen molar-refractivity contribution in [2.45, 2.75) is 31.2 Å². The number of amides is 1. The molecule has 0 saturated heterocycles. The molecule has 1 fully saturated rings. The van der Waals surface area contributed by atoms with Crippen LogP contribution in [0.3, 0.4) is 0 Å². The van der Waals surface area contributed by atoms with Crippen LogP contribution in [0.25, 0.3) is 0 Å². The fourth-order valence-electron chi connectivity index (χ4n) is 2.30. The maximum absolute atomic E-state index is 12.9. The van der Waals surface area contributed by atoms with Gasteiger partial charge in [0.15, 0.2) is 0 Å². The normalized spacial score (nSPS) is 16.3. The van der Waals surface area contributed by atoms with Crippen LogP contribution < -0.4 is 15.8 Å². The Labute approximate surface area is 124 Å². The van der Waals surface area contributed by atoms with Crippen LogP contribution in [-0.4, -0.2) is 24.6 Å². The van der Waals surface area contributed by atoms with Crippen LogP contribution in [0.5, 0.6) is 5.75 Å². The summed E-state index contributed by atoms with van der Waals surface area (Å²) in [6, 6.07) is 5.92. The zero-order chi connectivity index (χ0) is 13.7. The number of rotatable bonds is 5. The van der Waals surface area contributed by atoms with Crippen molar-refractivity contribution in [2.24, 2.45) is 5.73 Å². The zero-order valence-electron chi connectivity index (χ0n) is 11.2. The molecule has 1 aromatic carbocycles. The van der Waals surface area contributed by atoms with Gasteiger partial charge in [-0.15, -0.1) is 12.4 Å². The van der Waals surface area contributed by atoms with E-state index in [4.69, 9.17) is 10.5 Å². The number of nitrogens with one attached hydrogen (secondary N) is 1. The molecular formula is C14H20ClFN2O2. The molecule has 0 aromatic heterocycles. The number of halogens is 2. The van der Waals surface area contributed by atoms with Gasteiger partial charge < -0.3 is 15.8 Å². The van der Waals surface area contributed by atoms with E-state index in [1.54, 1.807) is 12.1 Å². The molecule has 0 radical (unpaired) electrons. The molecule has 1 aliphatic rings. The topological polar surface area (TPSA) is 64.4 Å². The number of benzene rings is 1. The standard InChI is InChI=1S/C14H19FN2O2.ClH/c15-11-4-3-5-12(10-11)19-9-8-17-13(18)14(16)6-1-2-7-14;/h3-5,10H,1-2,6-9,16H2,(H,17,18);1H. The molecule has 1 saturated carbocycles. The van der Waals surface area contributed by atoms with Crippen LogP contribution in [0.4, 0.5) is 4.39 Å². The smallest absolute Gasteiger partial charge is 0.240 e. The van der Waals surface area contributed by atoms with Gasteiger partial charge in [0.2, 0.25) is 5.91 Å². The second-order valence-corrected chi connectivity index (χ2v) is 4.92. The van der Waals surface area contributed by atoms with Gasteiger partial charge in [0.05, 0.1) is 12.1 Å². The summed E-state index contributed by atoms with van der Waals surface area (Å²) < 4.78 is 18.2. The largest absolute Gasteiger partial charge is 0.492 e. The van der Waals surface area contributed by atoms with Gasteiger partial charge in [0, 0.05) is 6.07 Å². The van der Waals surface area contributed by atoms with Gasteiger partial charge in [0.1, 0.15) is 18.2 Å². The van der Waals surface area contributed by atoms with Crippen molar-refractivity contribution in [1.29, 1.82) is 0 Å². The fourth-order valence-corrected chi connectivity index (χ4v) is 2.30. The Balaban J connectivity index is 0.00000200. The van der Waals surface area contributed by atoms with Crippen molar-refractivity contribution in [3.8, 4) is 5.75 Å². The molecule has 3 N–H and O–H groups in total. The first-order chi connectivity index (χ1) is 9.10. The number of nitrogens with two attached hydrogens (primary N) is 1. The van der Waals surface area contributed by atoms with Crippen molar-refractivity contribution in [2.75, 3.05) is 13.2 Å². The zero-order valence-corrected chi connectivity index (χ0v) is 12.0. The summed E-state index contributed by atoms with van der Waals surface area (Å²) in [6.07, 6.45) is 3.49. The first-order valence-electron chi connectivity index (χ1n) is 6.56. The maximum atomic E-state index is 12.9. The monoisotopic (exact) mass is 302 g/mol. The molecule has 1 aliphatic carbocycles. The second kappa shape index (κ2) is 7.45. The minimum atomic E-state index is -0.709. The van der Waals surface area contributed by atoms with E-state index in [0.29, 0.717) is 18.9 Å². The second-order valence-electron chi connectivity index (χ2n) is 4.92. The van der Waals surface area contributed by atoms with Crippen molar-refractivity contribution in [1.82, 2.24) is 5.32 Å². The Morgan fingerprint density at radius 3 is 2.75 bits per heavy atom. The maximum Gasteiger partial charge on any atom is 0.240 e. The van der Waals surface area contributed by atoms with Crippen LogP contribution in [0.15, 0.2) is 24.3 Å². The van der Waals surface area contributed by atoms with E-state index in [1.807, 2.05) is 0 Å². The Hall–Kier alpha value is -1.33. The van der Waals surface area contributed by atoms with Crippen molar-refractivity contribution >= 4 is 18.3 Å². The molecule has 0 bridgehead atoms. The summed E-state index contributed by atoms with van der Waals surface area (Å²) >= 11 is 0. The van der Waals surface area contributed by atoms with Crippen LogP contribution in [-0.2, 0) is 4.79 Å². The molecule has 6 heteroatoms. The Morgan fingerprint density at radius 2 is 2.10 bits per heavy atom. The van der Waals surface area contributed by atoms with Gasteiger partial charge in [-0.25, -0.2) is 4.39 Å². The quantitative estimate of drug-likeness (QED) is 0.818. The predicted molar refractivity (Wildman–Crippen MR) is 77.5 cm³/mol. The number of carbonyl (C=O) groups is 1. The van der Waals surface area contributed by atoms with E-state index < -0.39 is 5.54 Å². The third kappa shape index (κ3) is 4.35. The Bertz CT molecular complexity index is 451. The lowest BCUT2D eigenvalue weighted by Gasteiger charge is -2.22. The molecule has 1 aromatic rings. The van der Waals surface area contributed by atoms with E-state index >= 15 is 0 Å². The summed E-state index contributed by atoms with van der Waals surface area (Å²) in [5.41, 5.74) is 5.30. The molecule has 0 heterocycles. The molecule has 112 valence electrons. The van der Waals surface area contributed by atoms with E-state index in [0.717, 1.165) is 25.7 Å². The predicted octanol–water partition coefficient (Wildman–Crippen LogP) is 2.01. The molecule has 2 rings (SSSR count). The molecule has 0 atom stereocenters. The van der Waals surface area contributed by atoms with Crippen LogP contribution in [0.2, 0.25) is 0 Å². The Morgan fingerprint density at radius 1 is 1.40 bits per heavy atom. The third-order valence-corrected chi connectivity index (χ3v) is 3.40. The lowest BCUT2D eigenvalue weighted by atomic mass is 9.98. The summed E-state index contributed by atoms with van der Waals surface area (Å²) in [6.45, 7) is 0.666. The average molecular weight is 303 g/mol. The lowest BCUT2D eigenvalue weighted by molar-refractivity contribution is -0.126. The minimum Gasteiger partial charge on any atom is -0.492 e. The number of ether oxygens (including phenoxy) is 1. The minimum absolute atomic E-state index is 0. The summed E-state index contributed by atoms with van der Waals surface area (Å²) in [7, 11) is 0. The SMILES string of the molecule is Cl.NC1(C(=O)NCCOc2cccc(F)c2)CCCC1. The highest BCUT2D eigenvalue weighted by Crippen LogP contribution is 2.27. The van der Waals surface area contributed by atoms with Gasteiger partial charge in [-0.05, 0) is 25.0 Å². The van der Waals surface area contributed by atoms with E-state index in [9.17, 15) is 9.18 Å². The summed E-state index contributed by atoms with van der Waals surface area (Å²) in [5.74, 6) is -0.00109. The van der Waals surface area contributed by atoms with Crippen LogP contribution in [0, 0.1) is 5.82 Å². The molecule has 4 nitrogen and oxygen atoms in total. The van der Waals surface area contributed by atoms with Crippen LogP contribution in [0.1, 0.15) is 25.7 Å². The number of hydrogen-bond acceptors (Lipinski definition) is 3. The first-order valence-corrected chi connectivity index (χ1v) is 6.56. The first kappa shape index (κ1) is 16.7. The van der Waals surface area contributed by atoms with Gasteiger partial charge in [0.25, 0.3) is 0 Å². The molecular weight excluding hydrogens is 283 g/mol. The van der Waals surface area contributed by atoms with Crippen molar-refractivity contribution in [3.05, 3.63) is 30.1 Å². The molecule has 0 unspecified atom stereocenters. The summed E-state index contributed by atoms with van der Waals surface area (Å²) in [4.78, 5) is 11.9. The van der Waals surface area contributed by atoms with Gasteiger partial charge in [-0.2, -0.15) is 0 Å². The van der Waals surface area contributed by atoms with E-state index in [-0.39, 0.29) is 24.1 Å². The fraction of sp³-hybridized carbons (Fsp3) is 0.500. The molecule has 0 spiro atoms. The number of carbonyl (C=O) groups excluding carboxylic acids is 1. The van der Waals surface area contributed by atoms with Crippen LogP contribution >= 0.6 is 12.4 Å². The lowest BCUT2D eigenvalue weighted by Crippen LogP contribution is -2.52. The van der Waals surface area contributed by atoms with Gasteiger partial charge >= 0.3 is 0 Å². The van der Waals surface area contributed by atoms with Gasteiger partial charge in [-0.1, -0.05) is 18.9 Å². The highest BCUT2D eigenvalue weighted by molar-refractivity contribution is 5.86. The van der Waals surface area contributed by atoms with Gasteiger partial charge in [-0.3, -0.25) is 4.79 Å². The highest BCUT2D eigenvalue weighted by Gasteiger charge is 2.36. The Kier molecular flexibility index (Phi) is 6.23. The van der Waals surface area contributed by atoms with E-state index in [1.165, 1.54) is 12.1 Å².